The molecule has 0 aliphatic rings. The maximum atomic E-state index is 11.9. The van der Waals surface area contributed by atoms with Crippen LogP contribution < -0.4 is 11.5 Å². The fourth-order valence-corrected chi connectivity index (χ4v) is 1.66. The standard InChI is InChI=1S/C14H14N2O3/c15-11-7-3-1-5-9(11)13(16)19-14(18)10-6-2-4-8-12(10)17/h1-8,13,17H,15-16H2/t13-/m1/s1. The van der Waals surface area contributed by atoms with Crippen LogP contribution in [-0.2, 0) is 4.74 Å². The number of para-hydroxylation sites is 2. The Morgan fingerprint density at radius 2 is 1.74 bits per heavy atom. The van der Waals surface area contributed by atoms with Gasteiger partial charge >= 0.3 is 5.97 Å². The lowest BCUT2D eigenvalue weighted by Crippen LogP contribution is -2.20. The Morgan fingerprint density at radius 1 is 1.11 bits per heavy atom. The van der Waals surface area contributed by atoms with Crippen molar-refractivity contribution in [1.82, 2.24) is 0 Å². The van der Waals surface area contributed by atoms with E-state index in [0.717, 1.165) is 0 Å². The number of carbonyl (C=O) groups excluding carboxylic acids is 1. The number of hydrogen-bond acceptors (Lipinski definition) is 5. The van der Waals surface area contributed by atoms with Crippen molar-refractivity contribution in [2.45, 2.75) is 6.23 Å². The van der Waals surface area contributed by atoms with Crippen molar-refractivity contribution in [2.24, 2.45) is 5.73 Å². The zero-order chi connectivity index (χ0) is 13.8. The number of phenols is 1. The number of benzene rings is 2. The summed E-state index contributed by atoms with van der Waals surface area (Å²) in [5.41, 5.74) is 12.6. The molecule has 0 saturated carbocycles. The molecule has 0 unspecified atom stereocenters. The van der Waals surface area contributed by atoms with Crippen molar-refractivity contribution in [1.29, 1.82) is 0 Å². The highest BCUT2D eigenvalue weighted by atomic mass is 16.6. The van der Waals surface area contributed by atoms with E-state index in [4.69, 9.17) is 16.2 Å². The largest absolute Gasteiger partial charge is 0.507 e. The van der Waals surface area contributed by atoms with Crippen molar-refractivity contribution in [3.63, 3.8) is 0 Å². The fourth-order valence-electron chi connectivity index (χ4n) is 1.66. The fraction of sp³-hybridized carbons (Fsp3) is 0.0714. The predicted molar refractivity (Wildman–Crippen MR) is 71.3 cm³/mol. The van der Waals surface area contributed by atoms with Crippen molar-refractivity contribution < 1.29 is 14.6 Å². The molecular formula is C14H14N2O3. The van der Waals surface area contributed by atoms with Crippen LogP contribution in [0.5, 0.6) is 5.75 Å². The zero-order valence-corrected chi connectivity index (χ0v) is 10.1. The monoisotopic (exact) mass is 258 g/mol. The third-order valence-electron chi connectivity index (χ3n) is 2.66. The van der Waals surface area contributed by atoms with Crippen LogP contribution in [0.2, 0.25) is 0 Å². The molecule has 0 amide bonds. The Morgan fingerprint density at radius 3 is 2.42 bits per heavy atom. The van der Waals surface area contributed by atoms with E-state index in [1.165, 1.54) is 12.1 Å². The smallest absolute Gasteiger partial charge is 0.343 e. The first kappa shape index (κ1) is 12.9. The number of anilines is 1. The van der Waals surface area contributed by atoms with Gasteiger partial charge in [0.1, 0.15) is 11.3 Å². The Labute approximate surface area is 110 Å². The van der Waals surface area contributed by atoms with Gasteiger partial charge in [-0.1, -0.05) is 30.3 Å². The molecule has 0 aliphatic carbocycles. The summed E-state index contributed by atoms with van der Waals surface area (Å²) in [6.45, 7) is 0. The SMILES string of the molecule is Nc1ccccc1[C@H](N)OC(=O)c1ccccc1O. The molecule has 2 aromatic rings. The van der Waals surface area contributed by atoms with Gasteiger partial charge in [-0.3, -0.25) is 5.73 Å². The third-order valence-corrected chi connectivity index (χ3v) is 2.66. The molecule has 5 heteroatoms. The quantitative estimate of drug-likeness (QED) is 0.443. The Bertz CT molecular complexity index is 599. The number of nitrogen functional groups attached to an aromatic ring is 1. The number of phenolic OH excluding ortho intramolecular Hbond substituents is 1. The van der Waals surface area contributed by atoms with Crippen molar-refractivity contribution in [2.75, 3.05) is 5.73 Å². The summed E-state index contributed by atoms with van der Waals surface area (Å²) in [5, 5.41) is 9.55. The third kappa shape index (κ3) is 2.83. The van der Waals surface area contributed by atoms with Gasteiger partial charge in [0.2, 0.25) is 0 Å². The maximum absolute atomic E-state index is 11.9. The zero-order valence-electron chi connectivity index (χ0n) is 10.1. The van der Waals surface area contributed by atoms with Crippen LogP contribution in [0.25, 0.3) is 0 Å². The second-order valence-electron chi connectivity index (χ2n) is 3.97. The lowest BCUT2D eigenvalue weighted by atomic mass is 10.1. The summed E-state index contributed by atoms with van der Waals surface area (Å²) in [4.78, 5) is 11.9. The van der Waals surface area contributed by atoms with Gasteiger partial charge in [-0.05, 0) is 18.2 Å². The Balaban J connectivity index is 2.16. The minimum Gasteiger partial charge on any atom is -0.507 e. The summed E-state index contributed by atoms with van der Waals surface area (Å²) in [7, 11) is 0. The summed E-state index contributed by atoms with van der Waals surface area (Å²) >= 11 is 0. The Kier molecular flexibility index (Phi) is 3.68. The van der Waals surface area contributed by atoms with Crippen LogP contribution in [0.1, 0.15) is 22.1 Å². The number of esters is 1. The first-order valence-corrected chi connectivity index (χ1v) is 5.68. The lowest BCUT2D eigenvalue weighted by molar-refractivity contribution is 0.0310. The van der Waals surface area contributed by atoms with Crippen LogP contribution in [0, 0.1) is 0 Å². The summed E-state index contributed by atoms with van der Waals surface area (Å²) in [5.74, 6) is -0.852. The first-order valence-electron chi connectivity index (χ1n) is 5.68. The topological polar surface area (TPSA) is 98.6 Å². The number of ether oxygens (including phenoxy) is 1. The highest BCUT2D eigenvalue weighted by molar-refractivity contribution is 5.92. The molecule has 2 aromatic carbocycles. The van der Waals surface area contributed by atoms with E-state index in [0.29, 0.717) is 11.3 Å². The average Bonchev–Trinajstić information content (AvgIpc) is 2.39. The molecule has 5 N–H and O–H groups in total. The molecule has 98 valence electrons. The molecule has 2 rings (SSSR count). The van der Waals surface area contributed by atoms with Gasteiger partial charge in [0, 0.05) is 11.3 Å². The van der Waals surface area contributed by atoms with Gasteiger partial charge in [0.15, 0.2) is 6.23 Å². The van der Waals surface area contributed by atoms with Gasteiger partial charge in [-0.2, -0.15) is 0 Å². The molecule has 0 saturated heterocycles. The van der Waals surface area contributed by atoms with E-state index in [2.05, 4.69) is 0 Å². The molecule has 0 fully saturated rings. The van der Waals surface area contributed by atoms with Crippen LogP contribution in [-0.4, -0.2) is 11.1 Å². The van der Waals surface area contributed by atoms with E-state index in [-0.39, 0.29) is 11.3 Å². The number of hydrogen-bond donors (Lipinski definition) is 3. The molecule has 0 radical (unpaired) electrons. The highest BCUT2D eigenvalue weighted by Gasteiger charge is 2.18. The maximum Gasteiger partial charge on any atom is 0.343 e. The molecule has 0 aliphatic heterocycles. The second kappa shape index (κ2) is 5.41. The van der Waals surface area contributed by atoms with E-state index in [1.54, 1.807) is 36.4 Å². The van der Waals surface area contributed by atoms with Gasteiger partial charge in [0.05, 0.1) is 0 Å². The molecule has 19 heavy (non-hydrogen) atoms. The molecule has 0 heterocycles. The molecular weight excluding hydrogens is 244 g/mol. The van der Waals surface area contributed by atoms with Crippen molar-refractivity contribution in [3.8, 4) is 5.75 Å². The van der Waals surface area contributed by atoms with Crippen LogP contribution in [0.4, 0.5) is 5.69 Å². The van der Waals surface area contributed by atoms with E-state index >= 15 is 0 Å². The van der Waals surface area contributed by atoms with Crippen molar-refractivity contribution >= 4 is 11.7 Å². The van der Waals surface area contributed by atoms with E-state index < -0.39 is 12.2 Å². The van der Waals surface area contributed by atoms with Crippen LogP contribution in [0.3, 0.4) is 0 Å². The van der Waals surface area contributed by atoms with E-state index in [9.17, 15) is 9.90 Å². The van der Waals surface area contributed by atoms with Crippen LogP contribution in [0.15, 0.2) is 48.5 Å². The van der Waals surface area contributed by atoms with Crippen LogP contribution >= 0.6 is 0 Å². The minimum atomic E-state index is -0.978. The normalized spacial score (nSPS) is 11.8. The predicted octanol–water partition coefficient (Wildman–Crippen LogP) is 1.79. The van der Waals surface area contributed by atoms with Gasteiger partial charge < -0.3 is 15.6 Å². The van der Waals surface area contributed by atoms with Crippen molar-refractivity contribution in [3.05, 3.63) is 59.7 Å². The first-order chi connectivity index (χ1) is 9.09. The van der Waals surface area contributed by atoms with E-state index in [1.807, 2.05) is 0 Å². The number of nitrogens with two attached hydrogens (primary N) is 2. The van der Waals surface area contributed by atoms with Gasteiger partial charge in [-0.15, -0.1) is 0 Å². The second-order valence-corrected chi connectivity index (χ2v) is 3.97. The highest BCUT2D eigenvalue weighted by Crippen LogP contribution is 2.22. The molecule has 0 bridgehead atoms. The molecule has 1 atom stereocenters. The molecule has 0 aromatic heterocycles. The summed E-state index contributed by atoms with van der Waals surface area (Å²) < 4.78 is 5.08. The van der Waals surface area contributed by atoms with Gasteiger partial charge in [0.25, 0.3) is 0 Å². The van der Waals surface area contributed by atoms with Gasteiger partial charge in [-0.25, -0.2) is 4.79 Å². The lowest BCUT2D eigenvalue weighted by Gasteiger charge is -2.15. The molecule has 0 spiro atoms. The summed E-state index contributed by atoms with van der Waals surface area (Å²) in [6, 6.07) is 13.0. The Hall–Kier alpha value is -2.53. The number of aromatic hydroxyl groups is 1. The minimum absolute atomic E-state index is 0.0625. The number of carbonyl (C=O) groups is 1. The average molecular weight is 258 g/mol. The molecule has 5 nitrogen and oxygen atoms in total. The number of rotatable bonds is 3. The summed E-state index contributed by atoms with van der Waals surface area (Å²) in [6.07, 6.45) is -0.978.